The van der Waals surface area contributed by atoms with Gasteiger partial charge in [0, 0.05) is 11.1 Å². The maximum absolute atomic E-state index is 12.5. The van der Waals surface area contributed by atoms with Crippen LogP contribution in [0.2, 0.25) is 0 Å². The highest BCUT2D eigenvalue weighted by molar-refractivity contribution is 6.56. The Morgan fingerprint density at radius 1 is 0.897 bits per heavy atom. The molecule has 0 radical (unpaired) electrons. The van der Waals surface area contributed by atoms with E-state index in [-0.39, 0.29) is 6.61 Å². The van der Waals surface area contributed by atoms with Crippen LogP contribution in [0.4, 0.5) is 0 Å². The summed E-state index contributed by atoms with van der Waals surface area (Å²) in [6, 6.07) is 12.4. The van der Waals surface area contributed by atoms with Gasteiger partial charge in [0.1, 0.15) is 0 Å². The summed E-state index contributed by atoms with van der Waals surface area (Å²) >= 11 is 0. The minimum Gasteiger partial charge on any atom is -0.400 e. The molecule has 0 spiro atoms. The van der Waals surface area contributed by atoms with Crippen LogP contribution in [0.15, 0.2) is 47.9 Å². The molecule has 0 saturated carbocycles. The molecule has 6 heteroatoms. The predicted molar refractivity (Wildman–Crippen MR) is 112 cm³/mol. The molecule has 0 amide bonds. The van der Waals surface area contributed by atoms with E-state index >= 15 is 0 Å². The highest BCUT2D eigenvalue weighted by Gasteiger charge is 2.52. The molecular formula is C23H23BO5. The van der Waals surface area contributed by atoms with Crippen molar-refractivity contribution in [2.75, 3.05) is 6.61 Å². The third-order valence-corrected chi connectivity index (χ3v) is 6.05. The number of rotatable bonds is 3. The smallest absolute Gasteiger partial charge is 0.400 e. The molecule has 0 atom stereocenters. The lowest BCUT2D eigenvalue weighted by atomic mass is 9.77. The van der Waals surface area contributed by atoms with E-state index in [9.17, 15) is 14.7 Å². The second-order valence-corrected chi connectivity index (χ2v) is 8.47. The molecule has 1 aliphatic carbocycles. The van der Waals surface area contributed by atoms with Crippen LogP contribution in [0.25, 0.3) is 17.2 Å². The number of Topliss-reactive ketones (excluding diaryl/α,β-unsaturated/α-hetero) is 2. The van der Waals surface area contributed by atoms with Crippen molar-refractivity contribution in [3.05, 3.63) is 64.6 Å². The second-order valence-electron chi connectivity index (χ2n) is 8.47. The Hall–Kier alpha value is -2.54. The molecular weight excluding hydrogens is 367 g/mol. The summed E-state index contributed by atoms with van der Waals surface area (Å²) < 4.78 is 12.1. The summed E-state index contributed by atoms with van der Waals surface area (Å²) in [7, 11) is -0.656. The second kappa shape index (κ2) is 6.77. The Morgan fingerprint density at radius 2 is 1.45 bits per heavy atom. The summed E-state index contributed by atoms with van der Waals surface area (Å²) in [5.74, 6) is -0.979. The number of hydrogen-bond donors (Lipinski definition) is 1. The zero-order valence-electron chi connectivity index (χ0n) is 17.0. The van der Waals surface area contributed by atoms with Gasteiger partial charge in [-0.25, -0.2) is 0 Å². The number of carbonyl (C=O) groups is 2. The molecule has 2 aromatic rings. The SMILES string of the molecule is CC1(C)OB(C(=Cc2ccc3c(c2)-c2ccccc2C(=O)C3=O)CO)OC1(C)C. The normalized spacial score (nSPS) is 19.9. The van der Waals surface area contributed by atoms with E-state index in [2.05, 4.69) is 0 Å². The van der Waals surface area contributed by atoms with Gasteiger partial charge in [0.15, 0.2) is 0 Å². The van der Waals surface area contributed by atoms with Crippen molar-refractivity contribution in [3.63, 3.8) is 0 Å². The highest BCUT2D eigenvalue weighted by Crippen LogP contribution is 2.39. The molecule has 5 nitrogen and oxygen atoms in total. The number of carbonyl (C=O) groups excluding carboxylic acids is 2. The number of ketones is 2. The van der Waals surface area contributed by atoms with Crippen LogP contribution in [-0.2, 0) is 9.31 Å². The van der Waals surface area contributed by atoms with Gasteiger partial charge in [-0.2, -0.15) is 0 Å². The van der Waals surface area contributed by atoms with Crippen molar-refractivity contribution < 1.29 is 24.0 Å². The van der Waals surface area contributed by atoms with E-state index in [0.29, 0.717) is 22.2 Å². The average molecular weight is 390 g/mol. The highest BCUT2D eigenvalue weighted by atomic mass is 16.7. The van der Waals surface area contributed by atoms with Gasteiger partial charge in [-0.1, -0.05) is 36.4 Å². The van der Waals surface area contributed by atoms with Gasteiger partial charge in [-0.3, -0.25) is 9.59 Å². The largest absolute Gasteiger partial charge is 0.492 e. The first-order chi connectivity index (χ1) is 13.6. The fourth-order valence-electron chi connectivity index (χ4n) is 3.63. The standard InChI is InChI=1S/C23H23BO5/c1-22(2)23(3,4)29-24(28-22)15(13-25)11-14-9-10-18-19(12-14)16-7-5-6-8-17(16)20(26)21(18)27/h5-12,25H,13H2,1-4H3. The van der Waals surface area contributed by atoms with Crippen LogP contribution in [0, 0.1) is 0 Å². The molecule has 1 N–H and O–H groups in total. The predicted octanol–water partition coefficient (Wildman–Crippen LogP) is 3.74. The Kier molecular flexibility index (Phi) is 4.61. The first-order valence-corrected chi connectivity index (χ1v) is 9.64. The van der Waals surface area contributed by atoms with E-state index in [0.717, 1.165) is 11.1 Å². The number of hydrogen-bond acceptors (Lipinski definition) is 5. The minimum absolute atomic E-state index is 0.220. The first kappa shape index (κ1) is 19.8. The summed E-state index contributed by atoms with van der Waals surface area (Å²) in [6.07, 6.45) is 1.81. The lowest BCUT2D eigenvalue weighted by molar-refractivity contribution is 0.00578. The quantitative estimate of drug-likeness (QED) is 0.639. The molecule has 0 unspecified atom stereocenters. The van der Waals surface area contributed by atoms with Gasteiger partial charge in [0.05, 0.1) is 17.8 Å². The topological polar surface area (TPSA) is 72.8 Å². The summed E-state index contributed by atoms with van der Waals surface area (Å²) in [5.41, 5.74) is 2.64. The molecule has 0 aromatic heterocycles. The lowest BCUT2D eigenvalue weighted by Gasteiger charge is -2.32. The van der Waals surface area contributed by atoms with Gasteiger partial charge < -0.3 is 14.4 Å². The molecule has 1 fully saturated rings. The van der Waals surface area contributed by atoms with Crippen LogP contribution in [0.1, 0.15) is 54.0 Å². The number of aliphatic hydroxyl groups is 1. The molecule has 1 heterocycles. The van der Waals surface area contributed by atoms with Crippen LogP contribution in [-0.4, -0.2) is 41.6 Å². The van der Waals surface area contributed by atoms with E-state index in [4.69, 9.17) is 9.31 Å². The Bertz CT molecular complexity index is 1030. The number of aliphatic hydroxyl groups excluding tert-OH is 1. The van der Waals surface area contributed by atoms with Crippen LogP contribution in [0.3, 0.4) is 0 Å². The average Bonchev–Trinajstić information content (AvgIpc) is 2.91. The molecule has 0 bridgehead atoms. The molecule has 1 aliphatic heterocycles. The van der Waals surface area contributed by atoms with Gasteiger partial charge in [0.2, 0.25) is 11.6 Å². The van der Waals surface area contributed by atoms with Crippen LogP contribution < -0.4 is 0 Å². The van der Waals surface area contributed by atoms with Gasteiger partial charge in [-0.15, -0.1) is 0 Å². The number of fused-ring (bicyclic) bond motifs is 3. The van der Waals surface area contributed by atoms with Crippen molar-refractivity contribution in [2.24, 2.45) is 0 Å². The van der Waals surface area contributed by atoms with E-state index in [1.54, 1.807) is 24.3 Å². The van der Waals surface area contributed by atoms with Crippen molar-refractivity contribution in [1.29, 1.82) is 0 Å². The van der Waals surface area contributed by atoms with E-state index in [1.165, 1.54) is 0 Å². The molecule has 4 rings (SSSR count). The summed E-state index contributed by atoms with van der Waals surface area (Å²) in [5, 5.41) is 9.93. The van der Waals surface area contributed by atoms with Crippen molar-refractivity contribution in [1.82, 2.24) is 0 Å². The molecule has 2 aromatic carbocycles. The zero-order chi connectivity index (χ0) is 21.0. The molecule has 148 valence electrons. The Balaban J connectivity index is 1.75. The van der Waals surface area contributed by atoms with Crippen LogP contribution >= 0.6 is 0 Å². The van der Waals surface area contributed by atoms with Crippen LogP contribution in [0.5, 0.6) is 0 Å². The number of benzene rings is 2. The van der Waals surface area contributed by atoms with Crippen molar-refractivity contribution in [3.8, 4) is 11.1 Å². The van der Waals surface area contributed by atoms with Gasteiger partial charge in [-0.05, 0) is 62.0 Å². The summed E-state index contributed by atoms with van der Waals surface area (Å²) in [4.78, 5) is 24.8. The third kappa shape index (κ3) is 3.17. The van der Waals surface area contributed by atoms with E-state index < -0.39 is 29.9 Å². The van der Waals surface area contributed by atoms with Gasteiger partial charge >= 0.3 is 7.12 Å². The fourth-order valence-corrected chi connectivity index (χ4v) is 3.63. The first-order valence-electron chi connectivity index (χ1n) is 9.64. The van der Waals surface area contributed by atoms with Crippen molar-refractivity contribution in [2.45, 2.75) is 38.9 Å². The third-order valence-electron chi connectivity index (χ3n) is 6.05. The van der Waals surface area contributed by atoms with Gasteiger partial charge in [0.25, 0.3) is 0 Å². The maximum Gasteiger partial charge on any atom is 0.492 e. The Morgan fingerprint density at radius 3 is 2.03 bits per heavy atom. The van der Waals surface area contributed by atoms with E-state index in [1.807, 2.05) is 52.0 Å². The van der Waals surface area contributed by atoms with Crippen molar-refractivity contribution >= 4 is 24.8 Å². The molecule has 29 heavy (non-hydrogen) atoms. The maximum atomic E-state index is 12.5. The minimum atomic E-state index is -0.656. The lowest BCUT2D eigenvalue weighted by Crippen LogP contribution is -2.41. The molecule has 2 aliphatic rings. The summed E-state index contributed by atoms with van der Waals surface area (Å²) in [6.45, 7) is 7.61. The molecule has 1 saturated heterocycles. The fraction of sp³-hybridized carbons (Fsp3) is 0.304. The Labute approximate surface area is 170 Å². The zero-order valence-corrected chi connectivity index (χ0v) is 17.0. The monoisotopic (exact) mass is 390 g/mol.